The first-order valence-electron chi connectivity index (χ1n) is 8.38. The van der Waals surface area contributed by atoms with Gasteiger partial charge in [-0.2, -0.15) is 0 Å². The van der Waals surface area contributed by atoms with Gasteiger partial charge in [-0.1, -0.05) is 48.0 Å². The van der Waals surface area contributed by atoms with Crippen molar-refractivity contribution in [3.8, 4) is 5.75 Å². The van der Waals surface area contributed by atoms with Gasteiger partial charge in [-0.3, -0.25) is 4.98 Å². The third-order valence-electron chi connectivity index (χ3n) is 4.30. The molecule has 6 heteroatoms. The molecule has 3 rings (SSSR count). The number of aromatic nitrogens is 1. The molecule has 0 saturated carbocycles. The van der Waals surface area contributed by atoms with Gasteiger partial charge in [0.2, 0.25) is 0 Å². The van der Waals surface area contributed by atoms with Gasteiger partial charge in [0, 0.05) is 18.3 Å². The summed E-state index contributed by atoms with van der Waals surface area (Å²) in [6.07, 6.45) is -2.78. The molecule has 0 fully saturated rings. The molecule has 2 N–H and O–H groups in total. The summed E-state index contributed by atoms with van der Waals surface area (Å²) in [5, 5.41) is 0. The third-order valence-corrected chi connectivity index (χ3v) is 4.30. The molecule has 0 saturated heterocycles. The van der Waals surface area contributed by atoms with Crippen LogP contribution in [0.1, 0.15) is 22.4 Å². The summed E-state index contributed by atoms with van der Waals surface area (Å²) in [4.78, 5) is 4.33. The number of alkyl halides is 3. The number of aryl methyl sites for hydroxylation is 1. The van der Waals surface area contributed by atoms with Crippen molar-refractivity contribution in [2.24, 2.45) is 5.73 Å². The quantitative estimate of drug-likeness (QED) is 0.704. The first-order valence-corrected chi connectivity index (χ1v) is 8.38. The fraction of sp³-hybridized carbons (Fsp3) is 0.190. The molecule has 1 unspecified atom stereocenters. The first kappa shape index (κ1) is 18.9. The molecule has 2 aromatic carbocycles. The molecule has 0 aliphatic heterocycles. The summed E-state index contributed by atoms with van der Waals surface area (Å²) in [7, 11) is 0. The largest absolute Gasteiger partial charge is 0.573 e. The zero-order valence-corrected chi connectivity index (χ0v) is 14.7. The monoisotopic (exact) mass is 372 g/mol. The van der Waals surface area contributed by atoms with E-state index in [0.29, 0.717) is 12.0 Å². The Kier molecular flexibility index (Phi) is 5.19. The van der Waals surface area contributed by atoms with Crippen LogP contribution in [0, 0.1) is 6.92 Å². The molecule has 0 bridgehead atoms. The normalized spacial score (nSPS) is 13.8. The van der Waals surface area contributed by atoms with Gasteiger partial charge in [0.15, 0.2) is 0 Å². The number of hydrogen-bond acceptors (Lipinski definition) is 3. The van der Waals surface area contributed by atoms with Crippen LogP contribution in [0.25, 0.3) is 0 Å². The maximum atomic E-state index is 12.6. The highest BCUT2D eigenvalue weighted by atomic mass is 19.4. The molecule has 140 valence electrons. The van der Waals surface area contributed by atoms with Crippen LogP contribution >= 0.6 is 0 Å². The van der Waals surface area contributed by atoms with Crippen molar-refractivity contribution < 1.29 is 17.9 Å². The van der Waals surface area contributed by atoms with Gasteiger partial charge >= 0.3 is 6.36 Å². The molecular weight excluding hydrogens is 353 g/mol. The molecule has 0 aliphatic carbocycles. The number of pyridine rings is 1. The zero-order valence-electron chi connectivity index (χ0n) is 14.7. The van der Waals surface area contributed by atoms with Crippen LogP contribution in [-0.2, 0) is 12.0 Å². The van der Waals surface area contributed by atoms with Crippen molar-refractivity contribution in [2.45, 2.75) is 25.2 Å². The standard InChI is InChI=1S/C21H19F3N2O/c1-15-6-4-7-16(12-15)20(25,14-18-9-2-3-11-26-18)17-8-5-10-19(13-17)27-21(22,23)24/h2-13H,14,25H2,1H3. The first-order chi connectivity index (χ1) is 12.8. The van der Waals surface area contributed by atoms with Gasteiger partial charge in [-0.05, 0) is 42.3 Å². The Morgan fingerprint density at radius 2 is 1.63 bits per heavy atom. The molecule has 0 aliphatic rings. The van der Waals surface area contributed by atoms with E-state index in [-0.39, 0.29) is 5.75 Å². The Labute approximate surface area is 155 Å². The van der Waals surface area contributed by atoms with Crippen LogP contribution in [0.15, 0.2) is 72.9 Å². The Morgan fingerprint density at radius 3 is 2.26 bits per heavy atom. The lowest BCUT2D eigenvalue weighted by atomic mass is 9.79. The van der Waals surface area contributed by atoms with Crippen molar-refractivity contribution in [3.05, 3.63) is 95.3 Å². The van der Waals surface area contributed by atoms with E-state index in [9.17, 15) is 13.2 Å². The number of benzene rings is 2. The molecule has 1 aromatic heterocycles. The van der Waals surface area contributed by atoms with E-state index in [1.54, 1.807) is 18.3 Å². The predicted molar refractivity (Wildman–Crippen MR) is 97.2 cm³/mol. The molecule has 1 atom stereocenters. The highest BCUT2D eigenvalue weighted by Crippen LogP contribution is 2.34. The molecule has 3 aromatic rings. The lowest BCUT2D eigenvalue weighted by Crippen LogP contribution is -2.40. The van der Waals surface area contributed by atoms with E-state index in [1.165, 1.54) is 18.2 Å². The summed E-state index contributed by atoms with van der Waals surface area (Å²) in [5.41, 5.74) is 8.78. The van der Waals surface area contributed by atoms with Gasteiger partial charge in [-0.15, -0.1) is 13.2 Å². The second-order valence-corrected chi connectivity index (χ2v) is 6.41. The predicted octanol–water partition coefficient (Wildman–Crippen LogP) is 4.73. The summed E-state index contributed by atoms with van der Waals surface area (Å²) >= 11 is 0. The molecule has 0 amide bonds. The molecular formula is C21H19F3N2O. The summed E-state index contributed by atoms with van der Waals surface area (Å²) < 4.78 is 42.0. The van der Waals surface area contributed by atoms with Crippen LogP contribution in [0.5, 0.6) is 5.75 Å². The second-order valence-electron chi connectivity index (χ2n) is 6.41. The van der Waals surface area contributed by atoms with E-state index in [4.69, 9.17) is 5.73 Å². The molecule has 3 nitrogen and oxygen atoms in total. The Morgan fingerprint density at radius 1 is 0.926 bits per heavy atom. The smallest absolute Gasteiger partial charge is 0.406 e. The fourth-order valence-corrected chi connectivity index (χ4v) is 3.05. The van der Waals surface area contributed by atoms with E-state index in [1.807, 2.05) is 43.3 Å². The van der Waals surface area contributed by atoms with Crippen LogP contribution in [-0.4, -0.2) is 11.3 Å². The van der Waals surface area contributed by atoms with E-state index < -0.39 is 11.9 Å². The highest BCUT2D eigenvalue weighted by molar-refractivity contribution is 5.43. The Hall–Kier alpha value is -2.86. The van der Waals surface area contributed by atoms with Crippen molar-refractivity contribution >= 4 is 0 Å². The van der Waals surface area contributed by atoms with Crippen molar-refractivity contribution in [3.63, 3.8) is 0 Å². The maximum absolute atomic E-state index is 12.6. The lowest BCUT2D eigenvalue weighted by Gasteiger charge is -2.31. The third kappa shape index (κ3) is 4.65. The van der Waals surface area contributed by atoms with Crippen LogP contribution in [0.3, 0.4) is 0 Å². The number of nitrogens with zero attached hydrogens (tertiary/aromatic N) is 1. The number of nitrogens with two attached hydrogens (primary N) is 1. The van der Waals surface area contributed by atoms with Crippen molar-refractivity contribution in [1.29, 1.82) is 0 Å². The van der Waals surface area contributed by atoms with Gasteiger partial charge in [0.05, 0.1) is 5.54 Å². The van der Waals surface area contributed by atoms with Gasteiger partial charge in [0.1, 0.15) is 5.75 Å². The molecule has 1 heterocycles. The van der Waals surface area contributed by atoms with E-state index in [0.717, 1.165) is 16.8 Å². The summed E-state index contributed by atoms with van der Waals surface area (Å²) in [6.45, 7) is 1.94. The molecule has 0 radical (unpaired) electrons. The van der Waals surface area contributed by atoms with Crippen LogP contribution in [0.4, 0.5) is 13.2 Å². The van der Waals surface area contributed by atoms with Crippen LogP contribution in [0.2, 0.25) is 0 Å². The highest BCUT2D eigenvalue weighted by Gasteiger charge is 2.34. The zero-order chi connectivity index (χ0) is 19.5. The van der Waals surface area contributed by atoms with Crippen LogP contribution < -0.4 is 10.5 Å². The van der Waals surface area contributed by atoms with E-state index >= 15 is 0 Å². The number of halogens is 3. The van der Waals surface area contributed by atoms with Gasteiger partial charge in [-0.25, -0.2) is 0 Å². The fourth-order valence-electron chi connectivity index (χ4n) is 3.05. The minimum Gasteiger partial charge on any atom is -0.406 e. The molecule has 0 spiro atoms. The van der Waals surface area contributed by atoms with E-state index in [2.05, 4.69) is 9.72 Å². The lowest BCUT2D eigenvalue weighted by molar-refractivity contribution is -0.274. The average Bonchev–Trinajstić information content (AvgIpc) is 2.61. The summed E-state index contributed by atoms with van der Waals surface area (Å²) in [6, 6.07) is 18.9. The Bertz CT molecular complexity index is 913. The van der Waals surface area contributed by atoms with Gasteiger partial charge < -0.3 is 10.5 Å². The Balaban J connectivity index is 2.08. The van der Waals surface area contributed by atoms with Gasteiger partial charge in [0.25, 0.3) is 0 Å². The number of hydrogen-bond donors (Lipinski definition) is 1. The number of rotatable bonds is 5. The number of ether oxygens (including phenoxy) is 1. The maximum Gasteiger partial charge on any atom is 0.573 e. The average molecular weight is 372 g/mol. The molecule has 27 heavy (non-hydrogen) atoms. The minimum atomic E-state index is -4.76. The minimum absolute atomic E-state index is 0.302. The summed E-state index contributed by atoms with van der Waals surface area (Å²) in [5.74, 6) is -0.302. The van der Waals surface area contributed by atoms with Crippen molar-refractivity contribution in [2.75, 3.05) is 0 Å². The topological polar surface area (TPSA) is 48.1 Å². The van der Waals surface area contributed by atoms with Crippen molar-refractivity contribution in [1.82, 2.24) is 4.98 Å². The second kappa shape index (κ2) is 7.40. The SMILES string of the molecule is Cc1cccc(C(N)(Cc2ccccn2)c2cccc(OC(F)(F)F)c2)c1.